The molecule has 0 aliphatic heterocycles. The van der Waals surface area contributed by atoms with Crippen molar-refractivity contribution in [3.05, 3.63) is 45.8 Å². The predicted molar refractivity (Wildman–Crippen MR) is 49.5 cm³/mol. The molecule has 0 radical (unpaired) electrons. The number of benzene rings is 1. The molecule has 0 amide bonds. The summed E-state index contributed by atoms with van der Waals surface area (Å²) in [6, 6.07) is 7.15. The van der Waals surface area contributed by atoms with Gasteiger partial charge in [-0.05, 0) is 12.5 Å². The topological polar surface area (TPSA) is 65.8 Å². The Bertz CT molecular complexity index is 350. The Morgan fingerprint density at radius 3 is 2.62 bits per heavy atom. The van der Waals surface area contributed by atoms with E-state index < -0.39 is 0 Å². The summed E-state index contributed by atoms with van der Waals surface area (Å²) in [4.78, 5) is 13.8. The molecule has 0 aromatic heterocycles. The average molecular weight is 175 g/mol. The van der Waals surface area contributed by atoms with Crippen LogP contribution in [0.1, 0.15) is 15.9 Å². The summed E-state index contributed by atoms with van der Waals surface area (Å²) in [6.07, 6.45) is 0. The van der Waals surface area contributed by atoms with E-state index in [0.29, 0.717) is 5.56 Å². The molecule has 0 spiro atoms. The summed E-state index contributed by atoms with van der Waals surface area (Å²) in [7, 11) is 0. The molecule has 0 heterocycles. The molecular formula is C9H9N3O. The molecule has 0 aliphatic rings. The van der Waals surface area contributed by atoms with Crippen molar-refractivity contribution in [1.29, 1.82) is 0 Å². The van der Waals surface area contributed by atoms with Crippen molar-refractivity contribution in [2.75, 3.05) is 6.54 Å². The van der Waals surface area contributed by atoms with E-state index in [0.717, 1.165) is 5.56 Å². The minimum Gasteiger partial charge on any atom is -0.294 e. The SMILES string of the molecule is Cc1ccc(C(=O)CN=[N+]=[N-])cc1. The number of hydrogen-bond acceptors (Lipinski definition) is 2. The Morgan fingerprint density at radius 1 is 1.46 bits per heavy atom. The third-order valence-electron chi connectivity index (χ3n) is 1.65. The zero-order chi connectivity index (χ0) is 9.68. The van der Waals surface area contributed by atoms with Gasteiger partial charge in [-0.1, -0.05) is 34.9 Å². The summed E-state index contributed by atoms with van der Waals surface area (Å²) in [5.41, 5.74) is 9.69. The van der Waals surface area contributed by atoms with Crippen molar-refractivity contribution in [3.8, 4) is 0 Å². The van der Waals surface area contributed by atoms with Gasteiger partial charge in [-0.15, -0.1) is 0 Å². The van der Waals surface area contributed by atoms with Crippen LogP contribution in [-0.4, -0.2) is 12.3 Å². The standard InChI is InChI=1S/C9H9N3O/c1-7-2-4-8(5-3-7)9(13)6-11-12-10/h2-5H,6H2,1H3. The summed E-state index contributed by atoms with van der Waals surface area (Å²) in [5, 5.41) is 3.20. The van der Waals surface area contributed by atoms with Crippen LogP contribution >= 0.6 is 0 Å². The van der Waals surface area contributed by atoms with Crippen LogP contribution in [-0.2, 0) is 0 Å². The van der Waals surface area contributed by atoms with Crippen LogP contribution in [0.15, 0.2) is 29.4 Å². The third kappa shape index (κ3) is 2.61. The fourth-order valence-corrected chi connectivity index (χ4v) is 0.927. The van der Waals surface area contributed by atoms with Crippen LogP contribution in [0.2, 0.25) is 0 Å². The first-order valence-corrected chi connectivity index (χ1v) is 3.85. The molecule has 0 aliphatic carbocycles. The summed E-state index contributed by atoms with van der Waals surface area (Å²) in [5.74, 6) is -0.155. The second-order valence-corrected chi connectivity index (χ2v) is 2.68. The second-order valence-electron chi connectivity index (χ2n) is 2.68. The molecule has 4 nitrogen and oxygen atoms in total. The van der Waals surface area contributed by atoms with Crippen LogP contribution < -0.4 is 0 Å². The van der Waals surface area contributed by atoms with Crippen LogP contribution in [0, 0.1) is 6.92 Å². The molecule has 0 N–H and O–H groups in total. The molecule has 1 rings (SSSR count). The summed E-state index contributed by atoms with van der Waals surface area (Å²) in [6.45, 7) is 1.83. The van der Waals surface area contributed by atoms with Gasteiger partial charge in [0.1, 0.15) is 0 Å². The maximum atomic E-state index is 11.3. The highest BCUT2D eigenvalue weighted by Gasteiger charge is 2.02. The smallest absolute Gasteiger partial charge is 0.168 e. The Kier molecular flexibility index (Phi) is 3.06. The molecule has 66 valence electrons. The number of hydrogen-bond donors (Lipinski definition) is 0. The van der Waals surface area contributed by atoms with Crippen molar-refractivity contribution in [2.45, 2.75) is 6.92 Å². The lowest BCUT2D eigenvalue weighted by Gasteiger charge is -1.96. The van der Waals surface area contributed by atoms with Gasteiger partial charge in [-0.3, -0.25) is 4.79 Å². The van der Waals surface area contributed by atoms with Crippen LogP contribution in [0.5, 0.6) is 0 Å². The van der Waals surface area contributed by atoms with E-state index in [1.165, 1.54) is 0 Å². The fraction of sp³-hybridized carbons (Fsp3) is 0.222. The van der Waals surface area contributed by atoms with Gasteiger partial charge in [-0.25, -0.2) is 0 Å². The molecule has 0 atom stereocenters. The van der Waals surface area contributed by atoms with Crippen molar-refractivity contribution in [1.82, 2.24) is 0 Å². The lowest BCUT2D eigenvalue weighted by atomic mass is 10.1. The van der Waals surface area contributed by atoms with Gasteiger partial charge in [-0.2, -0.15) is 0 Å². The Hall–Kier alpha value is -1.80. The number of nitrogens with zero attached hydrogens (tertiary/aromatic N) is 3. The minimum absolute atomic E-state index is 0.112. The van der Waals surface area contributed by atoms with Gasteiger partial charge in [0.2, 0.25) is 0 Å². The molecule has 1 aromatic carbocycles. The number of rotatable bonds is 3. The van der Waals surface area contributed by atoms with Gasteiger partial charge in [0, 0.05) is 10.5 Å². The predicted octanol–water partition coefficient (Wildman–Crippen LogP) is 2.49. The van der Waals surface area contributed by atoms with Crippen LogP contribution in [0.4, 0.5) is 0 Å². The molecule has 0 saturated carbocycles. The van der Waals surface area contributed by atoms with E-state index >= 15 is 0 Å². The highest BCUT2D eigenvalue weighted by atomic mass is 16.1. The lowest BCUT2D eigenvalue weighted by molar-refractivity contribution is 0.100. The van der Waals surface area contributed by atoms with E-state index in [1.807, 2.05) is 19.1 Å². The van der Waals surface area contributed by atoms with Crippen molar-refractivity contribution < 1.29 is 4.79 Å². The molecule has 0 saturated heterocycles. The number of azide groups is 1. The first kappa shape index (κ1) is 9.29. The molecule has 13 heavy (non-hydrogen) atoms. The molecule has 0 fully saturated rings. The van der Waals surface area contributed by atoms with Gasteiger partial charge >= 0.3 is 0 Å². The monoisotopic (exact) mass is 175 g/mol. The third-order valence-corrected chi connectivity index (χ3v) is 1.65. The Morgan fingerprint density at radius 2 is 2.08 bits per heavy atom. The van der Waals surface area contributed by atoms with E-state index in [1.54, 1.807) is 12.1 Å². The number of Topliss-reactive ketones (excluding diaryl/α,β-unsaturated/α-hetero) is 1. The largest absolute Gasteiger partial charge is 0.294 e. The fourth-order valence-electron chi connectivity index (χ4n) is 0.927. The van der Waals surface area contributed by atoms with Crippen LogP contribution in [0.25, 0.3) is 10.4 Å². The zero-order valence-electron chi connectivity index (χ0n) is 7.27. The Labute approximate surface area is 75.8 Å². The van der Waals surface area contributed by atoms with Gasteiger partial charge < -0.3 is 0 Å². The lowest BCUT2D eigenvalue weighted by Crippen LogP contribution is -2.01. The van der Waals surface area contributed by atoms with Crippen molar-refractivity contribution in [2.24, 2.45) is 5.11 Å². The quantitative estimate of drug-likeness (QED) is 0.301. The minimum atomic E-state index is -0.155. The van der Waals surface area contributed by atoms with Crippen molar-refractivity contribution >= 4 is 5.78 Å². The highest BCUT2D eigenvalue weighted by Crippen LogP contribution is 2.03. The summed E-state index contributed by atoms with van der Waals surface area (Å²) < 4.78 is 0. The molecule has 0 bridgehead atoms. The van der Waals surface area contributed by atoms with Gasteiger partial charge in [0.15, 0.2) is 5.78 Å². The number of ketones is 1. The van der Waals surface area contributed by atoms with Gasteiger partial charge in [0.25, 0.3) is 0 Å². The average Bonchev–Trinajstić information content (AvgIpc) is 2.15. The van der Waals surface area contributed by atoms with Gasteiger partial charge in [0.05, 0.1) is 6.54 Å². The maximum absolute atomic E-state index is 11.3. The number of carbonyl (C=O) groups is 1. The molecule has 4 heteroatoms. The molecule has 1 aromatic rings. The number of aryl methyl sites for hydroxylation is 1. The first-order valence-electron chi connectivity index (χ1n) is 3.85. The van der Waals surface area contributed by atoms with Crippen LogP contribution in [0.3, 0.4) is 0 Å². The first-order chi connectivity index (χ1) is 6.24. The second kappa shape index (κ2) is 4.28. The molecular weight excluding hydrogens is 166 g/mol. The normalized spacial score (nSPS) is 9.00. The van der Waals surface area contributed by atoms with E-state index in [-0.39, 0.29) is 12.3 Å². The van der Waals surface area contributed by atoms with E-state index in [9.17, 15) is 4.79 Å². The summed E-state index contributed by atoms with van der Waals surface area (Å²) >= 11 is 0. The maximum Gasteiger partial charge on any atom is 0.168 e. The number of carbonyl (C=O) groups excluding carboxylic acids is 1. The van der Waals surface area contributed by atoms with E-state index in [2.05, 4.69) is 10.0 Å². The highest BCUT2D eigenvalue weighted by molar-refractivity contribution is 5.97. The van der Waals surface area contributed by atoms with Crippen molar-refractivity contribution in [3.63, 3.8) is 0 Å². The molecule has 0 unspecified atom stereocenters. The van der Waals surface area contributed by atoms with E-state index in [4.69, 9.17) is 5.53 Å². The Balaban J connectivity index is 2.77. The zero-order valence-corrected chi connectivity index (χ0v) is 7.27.